The van der Waals surface area contributed by atoms with Crippen molar-refractivity contribution >= 4 is 17.7 Å². The van der Waals surface area contributed by atoms with Crippen LogP contribution in [0.3, 0.4) is 0 Å². The number of H-pyrrole nitrogens is 1. The van der Waals surface area contributed by atoms with Gasteiger partial charge in [0.05, 0.1) is 5.69 Å². The highest BCUT2D eigenvalue weighted by Crippen LogP contribution is 2.40. The van der Waals surface area contributed by atoms with E-state index >= 15 is 0 Å². The van der Waals surface area contributed by atoms with Gasteiger partial charge in [-0.1, -0.05) is 6.92 Å². The number of nitrogens with one attached hydrogen (secondary N) is 1. The van der Waals surface area contributed by atoms with Crippen molar-refractivity contribution in [3.8, 4) is 0 Å². The highest BCUT2D eigenvalue weighted by Gasteiger charge is 2.22. The number of nitrogen functional groups attached to an aromatic ring is 1. The fraction of sp³-hybridized carbons (Fsp3) is 0.667. The number of aromatic nitrogens is 2. The quantitative estimate of drug-likeness (QED) is 0.763. The topological polar surface area (TPSA) is 54.7 Å². The lowest BCUT2D eigenvalue weighted by molar-refractivity contribution is 0.800. The molecule has 0 spiro atoms. The van der Waals surface area contributed by atoms with Crippen LogP contribution in [0.5, 0.6) is 0 Å². The normalized spacial score (nSPS) is 22.4. The molecule has 1 atom stereocenters. The van der Waals surface area contributed by atoms with Crippen molar-refractivity contribution in [2.75, 3.05) is 11.5 Å². The van der Waals surface area contributed by atoms with E-state index in [4.69, 9.17) is 5.73 Å². The van der Waals surface area contributed by atoms with Crippen LogP contribution in [0.4, 0.5) is 5.95 Å². The van der Waals surface area contributed by atoms with Crippen LogP contribution in [-0.4, -0.2) is 15.7 Å². The average molecular weight is 197 g/mol. The summed E-state index contributed by atoms with van der Waals surface area (Å²) in [6, 6.07) is 0. The van der Waals surface area contributed by atoms with Crippen LogP contribution < -0.4 is 5.73 Å². The first-order valence-corrected chi connectivity index (χ1v) is 5.82. The van der Waals surface area contributed by atoms with Crippen molar-refractivity contribution in [1.29, 1.82) is 0 Å². The SMILES string of the molecule is CCc1[nH]c(N)nc1C1CCCS1. The predicted molar refractivity (Wildman–Crippen MR) is 56.8 cm³/mol. The van der Waals surface area contributed by atoms with Gasteiger partial charge in [0, 0.05) is 10.9 Å². The van der Waals surface area contributed by atoms with Gasteiger partial charge < -0.3 is 10.7 Å². The molecule has 2 heterocycles. The fourth-order valence-electron chi connectivity index (χ4n) is 1.77. The first-order chi connectivity index (χ1) is 6.31. The minimum absolute atomic E-state index is 0.569. The third kappa shape index (κ3) is 1.68. The number of nitrogens with two attached hydrogens (primary N) is 1. The molecule has 1 saturated heterocycles. The highest BCUT2D eigenvalue weighted by molar-refractivity contribution is 7.99. The Morgan fingerprint density at radius 1 is 1.69 bits per heavy atom. The highest BCUT2D eigenvalue weighted by atomic mass is 32.2. The molecule has 3 nitrogen and oxygen atoms in total. The first kappa shape index (κ1) is 8.94. The zero-order valence-corrected chi connectivity index (χ0v) is 8.66. The Labute approximate surface area is 82.5 Å². The second kappa shape index (κ2) is 3.62. The van der Waals surface area contributed by atoms with Gasteiger partial charge in [0.25, 0.3) is 0 Å². The summed E-state index contributed by atoms with van der Waals surface area (Å²) in [6.45, 7) is 2.13. The standard InChI is InChI=1S/C9H15N3S/c1-2-6-8(12-9(10)11-6)7-4-3-5-13-7/h7H,2-5H2,1H3,(H3,10,11,12). The van der Waals surface area contributed by atoms with Crippen molar-refractivity contribution < 1.29 is 0 Å². The van der Waals surface area contributed by atoms with Gasteiger partial charge in [-0.3, -0.25) is 0 Å². The van der Waals surface area contributed by atoms with Gasteiger partial charge in [-0.2, -0.15) is 11.8 Å². The smallest absolute Gasteiger partial charge is 0.197 e. The molecule has 1 aliphatic rings. The summed E-state index contributed by atoms with van der Waals surface area (Å²) in [5.74, 6) is 1.83. The molecule has 0 radical (unpaired) electrons. The number of imidazole rings is 1. The van der Waals surface area contributed by atoms with Crippen LogP contribution in [0.25, 0.3) is 0 Å². The van der Waals surface area contributed by atoms with Crippen molar-refractivity contribution in [1.82, 2.24) is 9.97 Å². The molecular weight excluding hydrogens is 182 g/mol. The minimum Gasteiger partial charge on any atom is -0.369 e. The molecule has 1 aromatic rings. The summed E-state index contributed by atoms with van der Waals surface area (Å²) in [6.07, 6.45) is 3.56. The third-order valence-corrected chi connectivity index (χ3v) is 3.80. The van der Waals surface area contributed by atoms with E-state index in [0.29, 0.717) is 11.2 Å². The molecule has 1 unspecified atom stereocenters. The number of hydrogen-bond donors (Lipinski definition) is 2. The zero-order valence-electron chi connectivity index (χ0n) is 7.84. The molecule has 3 N–H and O–H groups in total. The molecule has 0 saturated carbocycles. The Morgan fingerprint density at radius 3 is 3.15 bits per heavy atom. The number of anilines is 1. The van der Waals surface area contributed by atoms with Crippen LogP contribution in [0, 0.1) is 0 Å². The number of thioether (sulfide) groups is 1. The maximum atomic E-state index is 5.65. The lowest BCUT2D eigenvalue weighted by atomic mass is 10.1. The summed E-state index contributed by atoms with van der Waals surface area (Å²) in [4.78, 5) is 7.49. The summed E-state index contributed by atoms with van der Waals surface area (Å²) < 4.78 is 0. The Hall–Kier alpha value is -0.640. The fourth-order valence-corrected chi connectivity index (χ4v) is 3.08. The molecule has 0 aromatic carbocycles. The molecule has 0 aliphatic carbocycles. The van der Waals surface area contributed by atoms with Crippen molar-refractivity contribution in [2.45, 2.75) is 31.4 Å². The van der Waals surface area contributed by atoms with Gasteiger partial charge in [-0.15, -0.1) is 0 Å². The van der Waals surface area contributed by atoms with E-state index in [1.54, 1.807) is 0 Å². The molecule has 4 heteroatoms. The molecule has 0 bridgehead atoms. The van der Waals surface area contributed by atoms with Crippen LogP contribution in [-0.2, 0) is 6.42 Å². The van der Waals surface area contributed by atoms with Crippen LogP contribution in [0.15, 0.2) is 0 Å². The maximum absolute atomic E-state index is 5.65. The molecule has 2 rings (SSSR count). The lowest BCUT2D eigenvalue weighted by Crippen LogP contribution is -1.94. The van der Waals surface area contributed by atoms with E-state index in [1.807, 2.05) is 11.8 Å². The number of nitrogens with zero attached hydrogens (tertiary/aromatic N) is 1. The monoisotopic (exact) mass is 197 g/mol. The van der Waals surface area contributed by atoms with Crippen molar-refractivity contribution in [3.63, 3.8) is 0 Å². The largest absolute Gasteiger partial charge is 0.369 e. The van der Waals surface area contributed by atoms with Crippen LogP contribution in [0.2, 0.25) is 0 Å². The van der Waals surface area contributed by atoms with Gasteiger partial charge in [0.1, 0.15) is 0 Å². The van der Waals surface area contributed by atoms with Gasteiger partial charge >= 0.3 is 0 Å². The van der Waals surface area contributed by atoms with E-state index in [2.05, 4.69) is 16.9 Å². The minimum atomic E-state index is 0.569. The summed E-state index contributed by atoms with van der Waals surface area (Å²) in [5.41, 5.74) is 8.06. The second-order valence-electron chi connectivity index (χ2n) is 3.34. The summed E-state index contributed by atoms with van der Waals surface area (Å²) >= 11 is 2.00. The molecule has 0 amide bonds. The van der Waals surface area contributed by atoms with Gasteiger partial charge in [-0.25, -0.2) is 4.98 Å². The Balaban J connectivity index is 2.26. The van der Waals surface area contributed by atoms with Gasteiger partial charge in [-0.05, 0) is 25.0 Å². The van der Waals surface area contributed by atoms with Crippen LogP contribution in [0.1, 0.15) is 36.4 Å². The van der Waals surface area contributed by atoms with Crippen molar-refractivity contribution in [3.05, 3.63) is 11.4 Å². The zero-order chi connectivity index (χ0) is 9.26. The molecule has 1 aromatic heterocycles. The van der Waals surface area contributed by atoms with E-state index in [9.17, 15) is 0 Å². The maximum Gasteiger partial charge on any atom is 0.197 e. The Morgan fingerprint density at radius 2 is 2.54 bits per heavy atom. The van der Waals surface area contributed by atoms with Crippen molar-refractivity contribution in [2.24, 2.45) is 0 Å². The lowest BCUT2D eigenvalue weighted by Gasteiger charge is -2.06. The predicted octanol–water partition coefficient (Wildman–Crippen LogP) is 2.12. The first-order valence-electron chi connectivity index (χ1n) is 4.77. The molecule has 13 heavy (non-hydrogen) atoms. The van der Waals surface area contributed by atoms with E-state index < -0.39 is 0 Å². The second-order valence-corrected chi connectivity index (χ2v) is 4.65. The molecule has 72 valence electrons. The third-order valence-electron chi connectivity index (χ3n) is 2.42. The van der Waals surface area contributed by atoms with Gasteiger partial charge in [0.2, 0.25) is 0 Å². The Bertz CT molecular complexity index is 289. The van der Waals surface area contributed by atoms with E-state index in [0.717, 1.165) is 6.42 Å². The summed E-state index contributed by atoms with van der Waals surface area (Å²) in [7, 11) is 0. The van der Waals surface area contributed by atoms with E-state index in [1.165, 1.54) is 30.0 Å². The number of hydrogen-bond acceptors (Lipinski definition) is 3. The summed E-state index contributed by atoms with van der Waals surface area (Å²) in [5, 5.41) is 0.587. The number of rotatable bonds is 2. The number of aromatic amines is 1. The molecule has 1 fully saturated rings. The Kier molecular flexibility index (Phi) is 2.49. The average Bonchev–Trinajstić information content (AvgIpc) is 2.71. The van der Waals surface area contributed by atoms with Gasteiger partial charge in [0.15, 0.2) is 5.95 Å². The van der Waals surface area contributed by atoms with Crippen LogP contribution >= 0.6 is 11.8 Å². The molecular formula is C9H15N3S. The molecule has 1 aliphatic heterocycles. The van der Waals surface area contributed by atoms with E-state index in [-0.39, 0.29) is 0 Å². The number of aryl methyl sites for hydroxylation is 1.